The summed E-state index contributed by atoms with van der Waals surface area (Å²) < 4.78 is 14.0. The first-order chi connectivity index (χ1) is 13.2. The Kier molecular flexibility index (Phi) is 6.64. The number of hydrogen-bond acceptors (Lipinski definition) is 5. The number of rotatable bonds is 7. The van der Waals surface area contributed by atoms with E-state index < -0.39 is 55.0 Å². The van der Waals surface area contributed by atoms with E-state index in [1.807, 2.05) is 5.32 Å². The van der Waals surface area contributed by atoms with Crippen molar-refractivity contribution in [1.29, 1.82) is 0 Å². The van der Waals surface area contributed by atoms with Gasteiger partial charge in [-0.05, 0) is 24.6 Å². The molecule has 1 aliphatic rings. The second-order valence-corrected chi connectivity index (χ2v) is 6.22. The number of nitrogens with one attached hydrogen (secondary N) is 4. The number of carbonyl (C=O) groups is 5. The van der Waals surface area contributed by atoms with E-state index in [0.29, 0.717) is 5.56 Å². The highest BCUT2D eigenvalue weighted by atomic mass is 19.1. The number of urea groups is 1. The molecule has 0 radical (unpaired) electrons. The first kappa shape index (κ1) is 20.8. The number of hydrogen-bond donors (Lipinski definition) is 5. The van der Waals surface area contributed by atoms with Crippen molar-refractivity contribution in [3.05, 3.63) is 34.9 Å². The predicted octanol–water partition coefficient (Wildman–Crippen LogP) is -1.12. The molecular weight excluding hydrogens is 373 g/mol. The van der Waals surface area contributed by atoms with Gasteiger partial charge in [-0.3, -0.25) is 24.5 Å². The lowest BCUT2D eigenvalue weighted by Crippen LogP contribution is -2.58. The maximum atomic E-state index is 14.0. The lowest BCUT2D eigenvalue weighted by molar-refractivity contribution is -0.129. The van der Waals surface area contributed by atoms with Crippen LogP contribution in [0.15, 0.2) is 18.2 Å². The van der Waals surface area contributed by atoms with Crippen LogP contribution < -0.4 is 27.0 Å². The molecule has 1 heterocycles. The van der Waals surface area contributed by atoms with Crippen molar-refractivity contribution < 1.29 is 28.4 Å². The van der Waals surface area contributed by atoms with Crippen LogP contribution in [0.2, 0.25) is 0 Å². The van der Waals surface area contributed by atoms with Crippen molar-refractivity contribution in [2.75, 3.05) is 13.1 Å². The first-order valence-electron chi connectivity index (χ1n) is 8.38. The van der Waals surface area contributed by atoms with Gasteiger partial charge in [0.1, 0.15) is 12.2 Å². The monoisotopic (exact) mass is 393 g/mol. The third-order valence-corrected chi connectivity index (χ3v) is 4.01. The zero-order valence-corrected chi connectivity index (χ0v) is 15.0. The largest absolute Gasteiger partial charge is 0.366 e. The molecule has 1 aliphatic heterocycles. The molecule has 1 aromatic rings. The van der Waals surface area contributed by atoms with Crippen molar-refractivity contribution >= 4 is 29.7 Å². The summed E-state index contributed by atoms with van der Waals surface area (Å²) in [7, 11) is 0. The van der Waals surface area contributed by atoms with Gasteiger partial charge in [0.05, 0.1) is 19.5 Å². The molecule has 0 saturated carbocycles. The van der Waals surface area contributed by atoms with Crippen molar-refractivity contribution in [2.24, 2.45) is 5.73 Å². The van der Waals surface area contributed by atoms with Gasteiger partial charge in [0, 0.05) is 11.1 Å². The molecule has 28 heavy (non-hydrogen) atoms. The molecule has 10 nitrogen and oxygen atoms in total. The van der Waals surface area contributed by atoms with E-state index in [1.54, 1.807) is 13.0 Å². The molecule has 1 aromatic carbocycles. The van der Waals surface area contributed by atoms with Gasteiger partial charge in [-0.2, -0.15) is 0 Å². The molecule has 150 valence electrons. The molecule has 2 rings (SSSR count). The Morgan fingerprint density at radius 2 is 1.93 bits per heavy atom. The van der Waals surface area contributed by atoms with Crippen LogP contribution in [-0.2, 0) is 9.59 Å². The van der Waals surface area contributed by atoms with E-state index in [-0.39, 0.29) is 17.5 Å². The fourth-order valence-corrected chi connectivity index (χ4v) is 2.49. The van der Waals surface area contributed by atoms with Crippen LogP contribution in [0.5, 0.6) is 0 Å². The summed E-state index contributed by atoms with van der Waals surface area (Å²) in [5.74, 6) is -2.60. The summed E-state index contributed by atoms with van der Waals surface area (Å²) in [6.07, 6.45) is -1.86. The van der Waals surface area contributed by atoms with Gasteiger partial charge >= 0.3 is 6.03 Å². The topological polar surface area (TPSA) is 159 Å². The molecule has 0 bridgehead atoms. The Morgan fingerprint density at radius 3 is 2.57 bits per heavy atom. The van der Waals surface area contributed by atoms with Crippen LogP contribution in [0.1, 0.15) is 32.7 Å². The summed E-state index contributed by atoms with van der Waals surface area (Å²) in [5, 5.41) is 8.87. The van der Waals surface area contributed by atoms with Gasteiger partial charge in [0.2, 0.25) is 17.7 Å². The Labute approximate surface area is 159 Å². The van der Waals surface area contributed by atoms with Crippen molar-refractivity contribution in [1.82, 2.24) is 21.3 Å². The summed E-state index contributed by atoms with van der Waals surface area (Å²) in [6, 6.07) is 2.47. The molecule has 0 aliphatic carbocycles. The number of halogens is 1. The van der Waals surface area contributed by atoms with Gasteiger partial charge in [-0.25, -0.2) is 9.18 Å². The van der Waals surface area contributed by atoms with E-state index in [0.717, 1.165) is 0 Å². The van der Waals surface area contributed by atoms with Gasteiger partial charge in [-0.15, -0.1) is 0 Å². The van der Waals surface area contributed by atoms with Crippen molar-refractivity contribution in [2.45, 2.75) is 25.6 Å². The summed E-state index contributed by atoms with van der Waals surface area (Å²) in [5.41, 5.74) is 6.10. The van der Waals surface area contributed by atoms with Gasteiger partial charge in [-0.1, -0.05) is 6.07 Å². The van der Waals surface area contributed by atoms with Gasteiger partial charge in [0.15, 0.2) is 0 Å². The molecule has 0 aromatic heterocycles. The van der Waals surface area contributed by atoms with Crippen molar-refractivity contribution in [3.63, 3.8) is 0 Å². The lowest BCUT2D eigenvalue weighted by Gasteiger charge is -2.22. The van der Waals surface area contributed by atoms with Crippen LogP contribution in [0, 0.1) is 6.92 Å². The van der Waals surface area contributed by atoms with Crippen LogP contribution >= 0.6 is 0 Å². The molecule has 2 atom stereocenters. The fraction of sp³-hybridized carbons (Fsp3) is 0.353. The lowest BCUT2D eigenvalue weighted by atomic mass is 10.0. The molecular formula is C17H20FN5O5. The molecule has 6 amide bonds. The SMILES string of the molecule is Cc1ccc(C(N)=O)cc1C(=O)NCC(F)CNC(=O)[C@@H]1CC(=O)NC(=O)N1. The smallest absolute Gasteiger partial charge is 0.322 e. The predicted molar refractivity (Wildman–Crippen MR) is 95.0 cm³/mol. The number of imide groups is 1. The third kappa shape index (κ3) is 5.50. The third-order valence-electron chi connectivity index (χ3n) is 4.01. The first-order valence-corrected chi connectivity index (χ1v) is 8.38. The maximum absolute atomic E-state index is 14.0. The van der Waals surface area contributed by atoms with E-state index in [9.17, 15) is 28.4 Å². The van der Waals surface area contributed by atoms with E-state index in [2.05, 4.69) is 16.0 Å². The van der Waals surface area contributed by atoms with E-state index in [1.165, 1.54) is 12.1 Å². The van der Waals surface area contributed by atoms with Crippen LogP contribution in [0.3, 0.4) is 0 Å². The Hall–Kier alpha value is -3.50. The van der Waals surface area contributed by atoms with Crippen LogP contribution in [0.25, 0.3) is 0 Å². The minimum atomic E-state index is -1.61. The molecule has 6 N–H and O–H groups in total. The Bertz CT molecular complexity index is 812. The Balaban J connectivity index is 1.83. The number of alkyl halides is 1. The second-order valence-electron chi connectivity index (χ2n) is 6.22. The summed E-state index contributed by atoms with van der Waals surface area (Å²) in [6.45, 7) is 0.839. The molecule has 0 spiro atoms. The number of nitrogens with two attached hydrogens (primary N) is 1. The highest BCUT2D eigenvalue weighted by Gasteiger charge is 2.29. The standard InChI is InChI=1S/C17H20FN5O5/c1-8-2-3-9(14(19)25)4-11(8)15(26)20-6-10(18)7-21-16(27)12-5-13(24)23-17(28)22-12/h2-4,10,12H,5-7H2,1H3,(H2,19,25)(H,20,26)(H,21,27)(H2,22,23,24,28)/t10?,12-/m0/s1. The van der Waals surface area contributed by atoms with Crippen LogP contribution in [-0.4, -0.2) is 55.0 Å². The zero-order chi connectivity index (χ0) is 20.8. The summed E-state index contributed by atoms with van der Waals surface area (Å²) >= 11 is 0. The molecule has 1 fully saturated rings. The van der Waals surface area contributed by atoms with Crippen LogP contribution in [0.4, 0.5) is 9.18 Å². The quantitative estimate of drug-likeness (QED) is 0.396. The number of carbonyl (C=O) groups excluding carboxylic acids is 5. The average molecular weight is 393 g/mol. The van der Waals surface area contributed by atoms with Crippen molar-refractivity contribution in [3.8, 4) is 0 Å². The van der Waals surface area contributed by atoms with E-state index >= 15 is 0 Å². The van der Waals surface area contributed by atoms with Gasteiger partial charge in [0.25, 0.3) is 5.91 Å². The highest BCUT2D eigenvalue weighted by molar-refractivity contribution is 6.02. The minimum Gasteiger partial charge on any atom is -0.366 e. The molecule has 11 heteroatoms. The minimum absolute atomic E-state index is 0.151. The number of aryl methyl sites for hydroxylation is 1. The summed E-state index contributed by atoms with van der Waals surface area (Å²) in [4.78, 5) is 57.7. The maximum Gasteiger partial charge on any atom is 0.322 e. The number of amides is 6. The number of primary amides is 1. The second kappa shape index (κ2) is 8.93. The zero-order valence-electron chi connectivity index (χ0n) is 15.0. The Morgan fingerprint density at radius 1 is 1.25 bits per heavy atom. The molecule has 1 saturated heterocycles. The van der Waals surface area contributed by atoms with E-state index in [4.69, 9.17) is 5.73 Å². The molecule has 1 unspecified atom stereocenters. The average Bonchev–Trinajstić information content (AvgIpc) is 2.63. The fourth-order valence-electron chi connectivity index (χ4n) is 2.49. The highest BCUT2D eigenvalue weighted by Crippen LogP contribution is 2.11. The van der Waals surface area contributed by atoms with Gasteiger partial charge < -0.3 is 21.7 Å². The number of benzene rings is 1. The normalized spacial score (nSPS) is 17.1.